The number of hydrogen-bond donors (Lipinski definition) is 0. The normalized spacial score (nSPS) is 16.2. The van der Waals surface area contributed by atoms with E-state index in [1.165, 1.54) is 6.07 Å². The molecule has 26 heavy (non-hydrogen) atoms. The molecule has 0 spiro atoms. The standard InChI is InChI=1S/C19H23FN6/c1-2-16-12-18(19-22-21-14-26(19)23-16)25-9-5-8-24(10-11-25)13-15-6-3-4-7-17(15)20/h3-4,6-7,12,14H,2,5,8-11,13H2,1H3. The number of nitrogens with zero attached hydrogens (tertiary/aromatic N) is 6. The lowest BCUT2D eigenvalue weighted by atomic mass is 10.2. The van der Waals surface area contributed by atoms with E-state index in [-0.39, 0.29) is 5.82 Å². The molecule has 0 aliphatic carbocycles. The fourth-order valence-corrected chi connectivity index (χ4v) is 3.50. The van der Waals surface area contributed by atoms with E-state index in [4.69, 9.17) is 0 Å². The first-order chi connectivity index (χ1) is 12.7. The lowest BCUT2D eigenvalue weighted by Crippen LogP contribution is -2.31. The largest absolute Gasteiger partial charge is 0.367 e. The third kappa shape index (κ3) is 3.39. The second kappa shape index (κ2) is 7.37. The Morgan fingerprint density at radius 1 is 1.12 bits per heavy atom. The van der Waals surface area contributed by atoms with E-state index in [1.54, 1.807) is 16.9 Å². The van der Waals surface area contributed by atoms with Gasteiger partial charge in [0, 0.05) is 38.3 Å². The fraction of sp³-hybridized carbons (Fsp3) is 0.421. The molecule has 1 aromatic carbocycles. The number of hydrogen-bond acceptors (Lipinski definition) is 5. The zero-order valence-electron chi connectivity index (χ0n) is 15.0. The SMILES string of the molecule is CCc1cc(N2CCCN(Cc3ccccc3F)CC2)c2nncn2n1. The molecular formula is C19H23FN6. The number of anilines is 1. The predicted molar refractivity (Wildman–Crippen MR) is 98.7 cm³/mol. The van der Waals surface area contributed by atoms with E-state index in [0.717, 1.165) is 61.6 Å². The molecule has 7 heteroatoms. The molecule has 1 fully saturated rings. The van der Waals surface area contributed by atoms with Crippen LogP contribution < -0.4 is 4.90 Å². The Morgan fingerprint density at radius 2 is 2.00 bits per heavy atom. The number of aryl methyl sites for hydroxylation is 1. The van der Waals surface area contributed by atoms with Crippen LogP contribution in [0.3, 0.4) is 0 Å². The van der Waals surface area contributed by atoms with Crippen LogP contribution in [-0.4, -0.2) is 50.9 Å². The van der Waals surface area contributed by atoms with E-state index in [0.29, 0.717) is 6.54 Å². The average molecular weight is 354 g/mol. The van der Waals surface area contributed by atoms with Gasteiger partial charge in [0.1, 0.15) is 12.1 Å². The molecule has 0 saturated carbocycles. The van der Waals surface area contributed by atoms with Crippen molar-refractivity contribution in [3.05, 3.63) is 53.7 Å². The first-order valence-corrected chi connectivity index (χ1v) is 9.15. The summed E-state index contributed by atoms with van der Waals surface area (Å²) in [6.07, 6.45) is 3.55. The molecule has 0 radical (unpaired) electrons. The van der Waals surface area contributed by atoms with Crippen molar-refractivity contribution in [3.63, 3.8) is 0 Å². The minimum Gasteiger partial charge on any atom is -0.367 e. The van der Waals surface area contributed by atoms with E-state index in [9.17, 15) is 4.39 Å². The van der Waals surface area contributed by atoms with Gasteiger partial charge in [-0.3, -0.25) is 4.90 Å². The van der Waals surface area contributed by atoms with Crippen molar-refractivity contribution in [1.29, 1.82) is 0 Å². The number of benzene rings is 1. The van der Waals surface area contributed by atoms with Gasteiger partial charge in [0.15, 0.2) is 0 Å². The van der Waals surface area contributed by atoms with Gasteiger partial charge in [0.05, 0.1) is 11.4 Å². The molecule has 6 nitrogen and oxygen atoms in total. The van der Waals surface area contributed by atoms with Crippen LogP contribution >= 0.6 is 0 Å². The summed E-state index contributed by atoms with van der Waals surface area (Å²) < 4.78 is 15.7. The molecule has 0 atom stereocenters. The van der Waals surface area contributed by atoms with Gasteiger partial charge in [0.25, 0.3) is 0 Å². The molecule has 0 N–H and O–H groups in total. The Balaban J connectivity index is 1.52. The van der Waals surface area contributed by atoms with Gasteiger partial charge in [-0.15, -0.1) is 10.2 Å². The van der Waals surface area contributed by atoms with Gasteiger partial charge >= 0.3 is 0 Å². The monoisotopic (exact) mass is 354 g/mol. The second-order valence-corrected chi connectivity index (χ2v) is 6.68. The molecule has 1 aliphatic rings. The zero-order chi connectivity index (χ0) is 17.9. The highest BCUT2D eigenvalue weighted by atomic mass is 19.1. The summed E-state index contributed by atoms with van der Waals surface area (Å²) >= 11 is 0. The fourth-order valence-electron chi connectivity index (χ4n) is 3.50. The molecule has 3 heterocycles. The van der Waals surface area contributed by atoms with Crippen molar-refractivity contribution >= 4 is 11.3 Å². The lowest BCUT2D eigenvalue weighted by molar-refractivity contribution is 0.281. The van der Waals surface area contributed by atoms with E-state index >= 15 is 0 Å². The van der Waals surface area contributed by atoms with Crippen molar-refractivity contribution in [2.45, 2.75) is 26.3 Å². The number of fused-ring (bicyclic) bond motifs is 1. The highest BCUT2D eigenvalue weighted by Gasteiger charge is 2.19. The quantitative estimate of drug-likeness (QED) is 0.721. The minimum atomic E-state index is -0.125. The maximum atomic E-state index is 13.9. The Morgan fingerprint density at radius 3 is 2.85 bits per heavy atom. The molecule has 2 aromatic heterocycles. The summed E-state index contributed by atoms with van der Waals surface area (Å²) in [5.74, 6) is -0.125. The summed E-state index contributed by atoms with van der Waals surface area (Å²) in [6.45, 7) is 6.42. The predicted octanol–water partition coefficient (Wildman–Crippen LogP) is 2.54. The topological polar surface area (TPSA) is 49.6 Å². The number of aromatic nitrogens is 4. The molecular weight excluding hydrogens is 331 g/mol. The van der Waals surface area contributed by atoms with Gasteiger partial charge < -0.3 is 4.90 Å². The van der Waals surface area contributed by atoms with Crippen LogP contribution in [-0.2, 0) is 13.0 Å². The summed E-state index contributed by atoms with van der Waals surface area (Å²) in [4.78, 5) is 4.67. The highest BCUT2D eigenvalue weighted by molar-refractivity contribution is 5.68. The lowest BCUT2D eigenvalue weighted by Gasteiger charge is -2.24. The highest BCUT2D eigenvalue weighted by Crippen LogP contribution is 2.23. The summed E-state index contributed by atoms with van der Waals surface area (Å²) in [7, 11) is 0. The Kier molecular flexibility index (Phi) is 4.79. The van der Waals surface area contributed by atoms with Crippen LogP contribution in [0.1, 0.15) is 24.6 Å². The molecule has 136 valence electrons. The maximum Gasteiger partial charge on any atom is 0.200 e. The summed E-state index contributed by atoms with van der Waals surface area (Å²) in [5, 5.41) is 12.8. The molecule has 4 rings (SSSR count). The molecule has 1 aliphatic heterocycles. The molecule has 0 bridgehead atoms. The van der Waals surface area contributed by atoms with Crippen molar-refractivity contribution < 1.29 is 4.39 Å². The number of rotatable bonds is 4. The van der Waals surface area contributed by atoms with Gasteiger partial charge in [-0.2, -0.15) is 9.61 Å². The van der Waals surface area contributed by atoms with Crippen molar-refractivity contribution in [3.8, 4) is 0 Å². The van der Waals surface area contributed by atoms with Crippen LogP contribution in [0.2, 0.25) is 0 Å². The third-order valence-corrected chi connectivity index (χ3v) is 4.94. The first-order valence-electron chi connectivity index (χ1n) is 9.15. The minimum absolute atomic E-state index is 0.125. The maximum absolute atomic E-state index is 13.9. The van der Waals surface area contributed by atoms with Crippen LogP contribution in [0.15, 0.2) is 36.7 Å². The van der Waals surface area contributed by atoms with Crippen molar-refractivity contribution in [2.24, 2.45) is 0 Å². The Labute approximate surface area is 152 Å². The Hall–Kier alpha value is -2.54. The van der Waals surface area contributed by atoms with Crippen LogP contribution in [0.4, 0.5) is 10.1 Å². The molecule has 0 unspecified atom stereocenters. The Bertz CT molecular complexity index is 893. The average Bonchev–Trinajstić information content (AvgIpc) is 3.01. The second-order valence-electron chi connectivity index (χ2n) is 6.68. The summed E-state index contributed by atoms with van der Waals surface area (Å²) in [6, 6.07) is 9.16. The van der Waals surface area contributed by atoms with Gasteiger partial charge in [-0.1, -0.05) is 25.1 Å². The smallest absolute Gasteiger partial charge is 0.200 e. The molecule has 1 saturated heterocycles. The number of halogens is 1. The molecule has 0 amide bonds. The van der Waals surface area contributed by atoms with Crippen LogP contribution in [0.25, 0.3) is 5.65 Å². The van der Waals surface area contributed by atoms with Gasteiger partial charge in [-0.05, 0) is 25.0 Å². The summed E-state index contributed by atoms with van der Waals surface area (Å²) in [5.41, 5.74) is 3.67. The molecule has 3 aromatic rings. The van der Waals surface area contributed by atoms with Crippen molar-refractivity contribution in [1.82, 2.24) is 24.7 Å². The van der Waals surface area contributed by atoms with Crippen LogP contribution in [0.5, 0.6) is 0 Å². The van der Waals surface area contributed by atoms with Crippen molar-refractivity contribution in [2.75, 3.05) is 31.1 Å². The van der Waals surface area contributed by atoms with E-state index < -0.39 is 0 Å². The van der Waals surface area contributed by atoms with Crippen LogP contribution in [0, 0.1) is 5.82 Å². The third-order valence-electron chi connectivity index (χ3n) is 4.94. The first kappa shape index (κ1) is 16.9. The van der Waals surface area contributed by atoms with Gasteiger partial charge in [-0.25, -0.2) is 4.39 Å². The zero-order valence-corrected chi connectivity index (χ0v) is 15.0. The van der Waals surface area contributed by atoms with E-state index in [1.807, 2.05) is 12.1 Å². The van der Waals surface area contributed by atoms with E-state index in [2.05, 4.69) is 38.1 Å². The van der Waals surface area contributed by atoms with Gasteiger partial charge in [0.2, 0.25) is 5.65 Å².